The molecule has 8 aromatic carbocycles. The van der Waals surface area contributed by atoms with Gasteiger partial charge in [-0.05, 0) is 157 Å². The third-order valence-electron chi connectivity index (χ3n) is 17.8. The summed E-state index contributed by atoms with van der Waals surface area (Å²) in [5, 5.41) is 2.19. The second-order valence-corrected chi connectivity index (χ2v) is 28.4. The number of ether oxygens (including phenoxy) is 1. The molecule has 0 saturated heterocycles. The van der Waals surface area contributed by atoms with Gasteiger partial charge in [-0.3, -0.25) is 4.57 Å². The Morgan fingerprint density at radius 1 is 0.506 bits per heavy atom. The number of rotatable bonds is 10. The normalized spacial score (nSPS) is 15.6. The van der Waals surface area contributed by atoms with Crippen LogP contribution in [-0.2, 0) is 33.4 Å². The first kappa shape index (κ1) is 53.1. The third kappa shape index (κ3) is 10.4. The summed E-state index contributed by atoms with van der Waals surface area (Å²) in [5.74, 6) is 1.78. The highest BCUT2D eigenvalue weighted by Gasteiger charge is 2.38. The number of pyridine rings is 1. The van der Waals surface area contributed by atoms with E-state index in [0.717, 1.165) is 68.6 Å². The fourth-order valence-electron chi connectivity index (χ4n) is 12.8. The minimum Gasteiger partial charge on any atom is -0.457 e. The van der Waals surface area contributed by atoms with Crippen molar-refractivity contribution in [3.05, 3.63) is 216 Å². The van der Waals surface area contributed by atoms with E-state index in [1.165, 1.54) is 55.8 Å². The van der Waals surface area contributed by atoms with Crippen LogP contribution in [0.25, 0.3) is 61.0 Å². The van der Waals surface area contributed by atoms with Gasteiger partial charge in [0, 0.05) is 54.2 Å². The van der Waals surface area contributed by atoms with Crippen LogP contribution in [0.5, 0.6) is 11.5 Å². The van der Waals surface area contributed by atoms with Gasteiger partial charge in [0.05, 0.1) is 28.1 Å². The number of benzene rings is 8. The number of para-hydroxylation sites is 3. The van der Waals surface area contributed by atoms with E-state index < -0.39 is 6.37 Å². The molecule has 5 heteroatoms. The van der Waals surface area contributed by atoms with Gasteiger partial charge in [-0.15, -0.1) is 0 Å². The van der Waals surface area contributed by atoms with Crippen molar-refractivity contribution in [2.45, 2.75) is 150 Å². The topological polar surface area (TPSA) is 33.5 Å². The fraction of sp³-hybridized carbons (Fsp3) is 0.321. The second kappa shape index (κ2) is 20.5. The molecule has 0 radical (unpaired) electrons. The summed E-state index contributed by atoms with van der Waals surface area (Å²) < 4.78 is 28.8. The predicted octanol–water partition coefficient (Wildman–Crippen LogP) is 21.7. The molecule has 0 spiro atoms. The smallest absolute Gasteiger partial charge is 0.137 e. The van der Waals surface area contributed by atoms with Crippen LogP contribution in [-0.4, -0.2) is 16.2 Å². The van der Waals surface area contributed by atoms with Crippen molar-refractivity contribution in [2.24, 2.45) is 5.92 Å². The highest BCUT2D eigenvalue weighted by Crippen LogP contribution is 2.52. The van der Waals surface area contributed by atoms with Crippen LogP contribution in [0.3, 0.4) is 0 Å². The zero-order valence-corrected chi connectivity index (χ0v) is 51.7. The van der Waals surface area contributed by atoms with Crippen molar-refractivity contribution in [1.29, 1.82) is 0 Å². The number of anilines is 4. The van der Waals surface area contributed by atoms with Crippen molar-refractivity contribution in [1.82, 2.24) is 9.55 Å². The summed E-state index contributed by atoms with van der Waals surface area (Å²) in [6, 6.07) is 64.1. The van der Waals surface area contributed by atoms with E-state index in [2.05, 4.69) is 268 Å². The monoisotopic (exact) mass is 1090 g/mol. The number of aromatic nitrogens is 2. The minimum atomic E-state index is -1.66. The van der Waals surface area contributed by atoms with Crippen LogP contribution in [0.4, 0.5) is 22.7 Å². The molecule has 2 aromatic heterocycles. The van der Waals surface area contributed by atoms with Crippen molar-refractivity contribution in [3.63, 3.8) is 0 Å². The van der Waals surface area contributed by atoms with Crippen LogP contribution in [0.1, 0.15) is 153 Å². The molecule has 0 unspecified atom stereocenters. The van der Waals surface area contributed by atoms with Gasteiger partial charge in [0.1, 0.15) is 24.0 Å². The Hall–Kier alpha value is -7.89. The highest BCUT2D eigenvalue weighted by molar-refractivity contribution is 6.10. The molecule has 0 bridgehead atoms. The maximum atomic E-state index is 9.76. The van der Waals surface area contributed by atoms with Crippen LogP contribution >= 0.6 is 0 Å². The van der Waals surface area contributed by atoms with E-state index in [1.807, 2.05) is 32.2 Å². The van der Waals surface area contributed by atoms with Crippen LogP contribution in [0.2, 0.25) is 0 Å². The number of hydrogen-bond donors (Lipinski definition) is 0. The van der Waals surface area contributed by atoms with Crippen molar-refractivity contribution >= 4 is 44.6 Å². The van der Waals surface area contributed by atoms with Gasteiger partial charge in [-0.2, -0.15) is 0 Å². The standard InChI is InChI=1S/C78H84N4O/c1-50(2)39-53-43-72(79-48-65(53)52-31-35-66-67(42-52)78(14,15)38-37-77(66,12)13)82-68-36-32-55(74(3,4)5)45-64(68)63-34-33-60(47-71(63)82)83-59-26-21-25-58(46-59)80-49-81(70-30-20-19-29-69(70)80)73-61(51-23-17-16-18-24-51)27-22-28-62(73)54-40-56(75(6,7)8)44-57(41-54)76(9,10)11/h16-36,40-48,50H,37-39,49H2,1-15H3/i39D2. The average Bonchev–Trinajstić information content (AvgIpc) is 2.87. The molecule has 12 rings (SSSR count). The van der Waals surface area contributed by atoms with Gasteiger partial charge in [0.2, 0.25) is 0 Å². The lowest BCUT2D eigenvalue weighted by Crippen LogP contribution is -2.33. The predicted molar refractivity (Wildman–Crippen MR) is 353 cm³/mol. The summed E-state index contributed by atoms with van der Waals surface area (Å²) in [6.07, 6.45) is 2.49. The summed E-state index contributed by atoms with van der Waals surface area (Å²) >= 11 is 0. The Morgan fingerprint density at radius 3 is 1.81 bits per heavy atom. The van der Waals surface area contributed by atoms with E-state index in [-0.39, 0.29) is 33.0 Å². The first-order valence-corrected chi connectivity index (χ1v) is 30.1. The molecule has 422 valence electrons. The molecule has 3 heterocycles. The Balaban J connectivity index is 0.954. The maximum absolute atomic E-state index is 9.76. The molecule has 0 atom stereocenters. The van der Waals surface area contributed by atoms with Crippen LogP contribution in [0.15, 0.2) is 182 Å². The van der Waals surface area contributed by atoms with Crippen LogP contribution < -0.4 is 14.5 Å². The lowest BCUT2D eigenvalue weighted by Gasteiger charge is -2.42. The van der Waals surface area contributed by atoms with Crippen molar-refractivity contribution in [2.75, 3.05) is 16.5 Å². The molecule has 0 fully saturated rings. The molecule has 1 aliphatic heterocycles. The molecule has 10 aromatic rings. The molecule has 2 aliphatic rings. The third-order valence-corrected chi connectivity index (χ3v) is 17.8. The van der Waals surface area contributed by atoms with E-state index in [9.17, 15) is 2.74 Å². The molecule has 1 aliphatic carbocycles. The van der Waals surface area contributed by atoms with Crippen molar-refractivity contribution < 1.29 is 7.48 Å². The SMILES string of the molecule is [2H]C([2H])(c1cc(-n2c3ccc(C(C)(C)C)cc3c3ccc(Oc4cccc(N5CN(c6c(-c7ccccc7)cccc6-c6cc(C(C)(C)C)cc(C(C)(C)C)c6)c6ccccc65)c4)cc32)ncc1-c1ccc2c(c1)C(C)(C)CCC2(C)C)C(C)C. The summed E-state index contributed by atoms with van der Waals surface area (Å²) in [4.78, 5) is 10.2. The van der Waals surface area contributed by atoms with E-state index >= 15 is 0 Å². The molecular formula is C78H84N4O. The fourth-order valence-corrected chi connectivity index (χ4v) is 12.8. The molecule has 0 amide bonds. The lowest BCUT2D eigenvalue weighted by molar-refractivity contribution is 0.332. The molecule has 0 N–H and O–H groups in total. The van der Waals surface area contributed by atoms with E-state index in [4.69, 9.17) is 9.72 Å². The van der Waals surface area contributed by atoms with E-state index in [0.29, 0.717) is 23.8 Å². The summed E-state index contributed by atoms with van der Waals surface area (Å²) in [7, 11) is 0. The Bertz CT molecular complexity index is 4190. The van der Waals surface area contributed by atoms with Gasteiger partial charge in [0.25, 0.3) is 0 Å². The van der Waals surface area contributed by atoms with Gasteiger partial charge >= 0.3 is 0 Å². The number of fused-ring (bicyclic) bond motifs is 5. The first-order valence-electron chi connectivity index (χ1n) is 31.1. The first-order chi connectivity index (χ1) is 40.1. The zero-order valence-electron chi connectivity index (χ0n) is 53.7. The van der Waals surface area contributed by atoms with E-state index in [1.54, 1.807) is 0 Å². The van der Waals surface area contributed by atoms with Crippen molar-refractivity contribution in [3.8, 4) is 50.7 Å². The minimum absolute atomic E-state index is 0.000522. The zero-order chi connectivity index (χ0) is 60.3. The summed E-state index contributed by atoms with van der Waals surface area (Å²) in [5.41, 5.74) is 20.1. The number of nitrogens with zero attached hydrogens (tertiary/aromatic N) is 4. The molecule has 0 saturated carbocycles. The Kier molecular flexibility index (Phi) is 13.1. The van der Waals surface area contributed by atoms with Gasteiger partial charge in [-0.1, -0.05) is 213 Å². The van der Waals surface area contributed by atoms with Gasteiger partial charge < -0.3 is 14.5 Å². The van der Waals surface area contributed by atoms with Gasteiger partial charge in [-0.25, -0.2) is 4.98 Å². The molecule has 5 nitrogen and oxygen atoms in total. The van der Waals surface area contributed by atoms with Crippen LogP contribution in [0, 0.1) is 5.92 Å². The molecule has 83 heavy (non-hydrogen) atoms. The molecular weight excluding hydrogens is 1010 g/mol. The average molecular weight is 1100 g/mol. The quantitative estimate of drug-likeness (QED) is 0.137. The van der Waals surface area contributed by atoms with Gasteiger partial charge in [0.15, 0.2) is 0 Å². The lowest BCUT2D eigenvalue weighted by atomic mass is 9.63. The second-order valence-electron chi connectivity index (χ2n) is 28.4. The Labute approximate surface area is 497 Å². The highest BCUT2D eigenvalue weighted by atomic mass is 16.5. The number of hydrogen-bond acceptors (Lipinski definition) is 4. The maximum Gasteiger partial charge on any atom is 0.137 e. The summed E-state index contributed by atoms with van der Waals surface area (Å²) in [6.45, 7) is 34.6. The largest absolute Gasteiger partial charge is 0.457 e. The Morgan fingerprint density at radius 2 is 1.13 bits per heavy atom.